The number of halogens is 1. The molecule has 0 saturated carbocycles. The average molecular weight is 329 g/mol. The van der Waals surface area contributed by atoms with E-state index in [-0.39, 0.29) is 5.91 Å². The molecule has 1 aromatic carbocycles. The van der Waals surface area contributed by atoms with E-state index < -0.39 is 0 Å². The van der Waals surface area contributed by atoms with Crippen LogP contribution in [0.15, 0.2) is 30.6 Å². The van der Waals surface area contributed by atoms with Crippen molar-refractivity contribution in [3.8, 4) is 11.3 Å². The minimum absolute atomic E-state index is 0.0614. The summed E-state index contributed by atoms with van der Waals surface area (Å²) in [4.78, 5) is 23.1. The number of hydrogen-bond acceptors (Lipinski definition) is 3. The maximum Gasteiger partial charge on any atom is 0.217 e. The van der Waals surface area contributed by atoms with Gasteiger partial charge >= 0.3 is 0 Å². The molecule has 3 rings (SSSR count). The van der Waals surface area contributed by atoms with Gasteiger partial charge in [0.05, 0.1) is 29.2 Å². The van der Waals surface area contributed by atoms with Crippen LogP contribution in [0.2, 0.25) is 5.02 Å². The maximum absolute atomic E-state index is 11.0. The molecular weight excluding hydrogens is 312 g/mol. The SMILES string of the molecule is CCc1cnc(-c2cc3[nH]c(CNC(C)=O)cc3cc2Cl)cn1. The Balaban J connectivity index is 1.97. The van der Waals surface area contributed by atoms with Gasteiger partial charge in [-0.1, -0.05) is 18.5 Å². The van der Waals surface area contributed by atoms with E-state index in [0.29, 0.717) is 11.6 Å². The van der Waals surface area contributed by atoms with Gasteiger partial charge in [-0.15, -0.1) is 0 Å². The summed E-state index contributed by atoms with van der Waals surface area (Å²) in [7, 11) is 0. The molecule has 2 N–H and O–H groups in total. The van der Waals surface area contributed by atoms with Gasteiger partial charge in [-0.25, -0.2) is 0 Å². The van der Waals surface area contributed by atoms with Gasteiger partial charge in [-0.3, -0.25) is 14.8 Å². The number of amides is 1. The number of carbonyl (C=O) groups is 1. The van der Waals surface area contributed by atoms with Gasteiger partial charge in [0.15, 0.2) is 0 Å². The zero-order valence-electron chi connectivity index (χ0n) is 13.0. The predicted molar refractivity (Wildman–Crippen MR) is 91.2 cm³/mol. The Labute approximate surface area is 139 Å². The summed E-state index contributed by atoms with van der Waals surface area (Å²) in [5, 5.41) is 4.39. The van der Waals surface area contributed by atoms with Gasteiger partial charge in [0.1, 0.15) is 0 Å². The summed E-state index contributed by atoms with van der Waals surface area (Å²) in [6.07, 6.45) is 4.36. The monoisotopic (exact) mass is 328 g/mol. The second-order valence-corrected chi connectivity index (χ2v) is 5.78. The Morgan fingerprint density at radius 3 is 2.74 bits per heavy atom. The van der Waals surface area contributed by atoms with Crippen LogP contribution in [-0.4, -0.2) is 20.9 Å². The summed E-state index contributed by atoms with van der Waals surface area (Å²) in [6, 6.07) is 5.84. The lowest BCUT2D eigenvalue weighted by atomic mass is 10.1. The molecule has 0 atom stereocenters. The zero-order chi connectivity index (χ0) is 16.4. The van der Waals surface area contributed by atoms with Crippen LogP contribution < -0.4 is 5.32 Å². The lowest BCUT2D eigenvalue weighted by Crippen LogP contribution is -2.18. The van der Waals surface area contributed by atoms with Crippen molar-refractivity contribution in [2.24, 2.45) is 0 Å². The summed E-state index contributed by atoms with van der Waals surface area (Å²) in [5.74, 6) is -0.0614. The zero-order valence-corrected chi connectivity index (χ0v) is 13.7. The fourth-order valence-electron chi connectivity index (χ4n) is 2.40. The van der Waals surface area contributed by atoms with E-state index in [4.69, 9.17) is 11.6 Å². The van der Waals surface area contributed by atoms with Crippen molar-refractivity contribution in [1.29, 1.82) is 0 Å². The molecule has 0 aliphatic rings. The molecular formula is C17H17ClN4O. The third-order valence-corrected chi connectivity index (χ3v) is 3.95. The van der Waals surface area contributed by atoms with Crippen molar-refractivity contribution in [3.05, 3.63) is 47.0 Å². The fourth-order valence-corrected chi connectivity index (χ4v) is 2.67. The summed E-state index contributed by atoms with van der Waals surface area (Å²) in [6.45, 7) is 4.00. The second kappa shape index (κ2) is 6.38. The molecule has 6 heteroatoms. The summed E-state index contributed by atoms with van der Waals surface area (Å²) >= 11 is 6.40. The van der Waals surface area contributed by atoms with Gasteiger partial charge in [0.2, 0.25) is 5.91 Å². The topological polar surface area (TPSA) is 70.7 Å². The summed E-state index contributed by atoms with van der Waals surface area (Å²) in [5.41, 5.74) is 4.40. The van der Waals surface area contributed by atoms with Crippen LogP contribution >= 0.6 is 11.6 Å². The number of benzene rings is 1. The van der Waals surface area contributed by atoms with Gasteiger partial charge in [-0.05, 0) is 24.6 Å². The van der Waals surface area contributed by atoms with Crippen molar-refractivity contribution >= 4 is 28.4 Å². The fraction of sp³-hybridized carbons (Fsp3) is 0.235. The van der Waals surface area contributed by atoms with Crippen LogP contribution in [0, 0.1) is 0 Å². The van der Waals surface area contributed by atoms with Crippen molar-refractivity contribution in [2.45, 2.75) is 26.8 Å². The number of fused-ring (bicyclic) bond motifs is 1. The van der Waals surface area contributed by atoms with E-state index in [0.717, 1.165) is 40.0 Å². The number of carbonyl (C=O) groups excluding carboxylic acids is 1. The Kier molecular flexibility index (Phi) is 4.30. The number of hydrogen-bond donors (Lipinski definition) is 2. The minimum Gasteiger partial charge on any atom is -0.357 e. The van der Waals surface area contributed by atoms with Gasteiger partial charge in [0, 0.05) is 35.3 Å². The molecule has 0 saturated heterocycles. The third kappa shape index (κ3) is 3.35. The molecule has 1 amide bonds. The smallest absolute Gasteiger partial charge is 0.217 e. The van der Waals surface area contributed by atoms with Crippen molar-refractivity contribution < 1.29 is 4.79 Å². The second-order valence-electron chi connectivity index (χ2n) is 5.37. The number of aryl methyl sites for hydroxylation is 1. The van der Waals surface area contributed by atoms with E-state index >= 15 is 0 Å². The van der Waals surface area contributed by atoms with Gasteiger partial charge in [0.25, 0.3) is 0 Å². The highest BCUT2D eigenvalue weighted by Crippen LogP contribution is 2.31. The molecule has 3 aromatic rings. The number of aromatic nitrogens is 3. The lowest BCUT2D eigenvalue weighted by Gasteiger charge is -2.04. The first kappa shape index (κ1) is 15.5. The number of aromatic amines is 1. The normalized spacial score (nSPS) is 10.9. The maximum atomic E-state index is 11.0. The third-order valence-electron chi connectivity index (χ3n) is 3.64. The lowest BCUT2D eigenvalue weighted by molar-refractivity contribution is -0.119. The molecule has 0 aliphatic heterocycles. The number of nitrogens with one attached hydrogen (secondary N) is 2. The Morgan fingerprint density at radius 2 is 2.09 bits per heavy atom. The molecule has 23 heavy (non-hydrogen) atoms. The van der Waals surface area contributed by atoms with Crippen LogP contribution in [-0.2, 0) is 17.8 Å². The Morgan fingerprint density at radius 1 is 1.26 bits per heavy atom. The molecule has 0 radical (unpaired) electrons. The van der Waals surface area contributed by atoms with Crippen LogP contribution in [0.3, 0.4) is 0 Å². The van der Waals surface area contributed by atoms with Crippen LogP contribution in [0.4, 0.5) is 0 Å². The number of rotatable bonds is 4. The van der Waals surface area contributed by atoms with Crippen LogP contribution in [0.25, 0.3) is 22.2 Å². The largest absolute Gasteiger partial charge is 0.357 e. The highest BCUT2D eigenvalue weighted by atomic mass is 35.5. The molecule has 0 bridgehead atoms. The molecule has 2 heterocycles. The van der Waals surface area contributed by atoms with Crippen molar-refractivity contribution in [1.82, 2.24) is 20.3 Å². The van der Waals surface area contributed by atoms with Crippen LogP contribution in [0.5, 0.6) is 0 Å². The first-order valence-corrected chi connectivity index (χ1v) is 7.81. The molecule has 0 aliphatic carbocycles. The molecule has 5 nitrogen and oxygen atoms in total. The number of H-pyrrole nitrogens is 1. The quantitative estimate of drug-likeness (QED) is 0.770. The van der Waals surface area contributed by atoms with Crippen LogP contribution in [0.1, 0.15) is 25.2 Å². The number of nitrogens with zero attached hydrogens (tertiary/aromatic N) is 2. The van der Waals surface area contributed by atoms with E-state index in [2.05, 4.69) is 20.3 Å². The van der Waals surface area contributed by atoms with E-state index in [1.54, 1.807) is 12.4 Å². The molecule has 118 valence electrons. The molecule has 0 fully saturated rings. The van der Waals surface area contributed by atoms with Gasteiger partial charge in [-0.2, -0.15) is 0 Å². The van der Waals surface area contributed by atoms with Crippen molar-refractivity contribution in [3.63, 3.8) is 0 Å². The molecule has 0 unspecified atom stereocenters. The molecule has 2 aromatic heterocycles. The Bertz CT molecular complexity index is 855. The van der Waals surface area contributed by atoms with E-state index in [1.165, 1.54) is 6.92 Å². The summed E-state index contributed by atoms with van der Waals surface area (Å²) < 4.78 is 0. The van der Waals surface area contributed by atoms with Crippen molar-refractivity contribution in [2.75, 3.05) is 0 Å². The van der Waals surface area contributed by atoms with E-state index in [1.807, 2.05) is 25.1 Å². The van der Waals surface area contributed by atoms with E-state index in [9.17, 15) is 4.79 Å². The predicted octanol–water partition coefficient (Wildman–Crippen LogP) is 3.48. The van der Waals surface area contributed by atoms with Gasteiger partial charge < -0.3 is 10.3 Å². The first-order valence-electron chi connectivity index (χ1n) is 7.43. The highest BCUT2D eigenvalue weighted by Gasteiger charge is 2.10. The Hall–Kier alpha value is -2.40. The standard InChI is InChI=1S/C17H17ClN4O/c1-3-12-7-21-17(9-20-12)14-6-16-11(5-15(14)18)4-13(22-16)8-19-10(2)23/h4-7,9,22H,3,8H2,1-2H3,(H,19,23). The minimum atomic E-state index is -0.0614. The average Bonchev–Trinajstić information content (AvgIpc) is 2.94. The first-order chi connectivity index (χ1) is 11.1. The molecule has 0 spiro atoms. The highest BCUT2D eigenvalue weighted by molar-refractivity contribution is 6.34.